The molecule has 0 amide bonds. The average Bonchev–Trinajstić information content (AvgIpc) is 2.42. The maximum atomic E-state index is 6.34. The molecule has 1 rings (SSSR count). The molecule has 0 aliphatic heterocycles. The molecule has 0 atom stereocenters. The first-order chi connectivity index (χ1) is 9.54. The summed E-state index contributed by atoms with van der Waals surface area (Å²) in [7, 11) is 7.95. The van der Waals surface area contributed by atoms with Gasteiger partial charge in [0.15, 0.2) is 0 Å². The smallest absolute Gasteiger partial charge is 0.0587 e. The number of hydrogen-bond donors (Lipinski definition) is 1. The molecular weight excluding hydrogens is 274 g/mol. The van der Waals surface area contributed by atoms with Gasteiger partial charge in [0.1, 0.15) is 0 Å². The zero-order chi connectivity index (χ0) is 15.0. The highest BCUT2D eigenvalue weighted by Crippen LogP contribution is 2.23. The SMILES string of the molecule is COCCNCc1ccc(N(C)CCN(C)C)cc1Cl. The van der Waals surface area contributed by atoms with Crippen molar-refractivity contribution in [1.82, 2.24) is 10.2 Å². The van der Waals surface area contributed by atoms with Crippen LogP contribution in [-0.2, 0) is 11.3 Å². The van der Waals surface area contributed by atoms with Crippen LogP contribution in [0.3, 0.4) is 0 Å². The van der Waals surface area contributed by atoms with Gasteiger partial charge in [-0.2, -0.15) is 0 Å². The fraction of sp³-hybridized carbons (Fsp3) is 0.600. The molecule has 1 aromatic rings. The highest BCUT2D eigenvalue weighted by molar-refractivity contribution is 6.31. The molecule has 1 aromatic carbocycles. The van der Waals surface area contributed by atoms with Crippen LogP contribution in [0.2, 0.25) is 5.02 Å². The summed E-state index contributed by atoms with van der Waals surface area (Å²) in [6.07, 6.45) is 0. The highest BCUT2D eigenvalue weighted by Gasteiger charge is 2.06. The summed E-state index contributed by atoms with van der Waals surface area (Å²) in [4.78, 5) is 4.39. The van der Waals surface area contributed by atoms with E-state index in [1.165, 1.54) is 0 Å². The summed E-state index contributed by atoms with van der Waals surface area (Å²) in [5.41, 5.74) is 2.27. The van der Waals surface area contributed by atoms with Gasteiger partial charge in [-0.05, 0) is 31.8 Å². The van der Waals surface area contributed by atoms with Crippen molar-refractivity contribution in [2.45, 2.75) is 6.54 Å². The number of ether oxygens (including phenoxy) is 1. The maximum Gasteiger partial charge on any atom is 0.0587 e. The van der Waals surface area contributed by atoms with Gasteiger partial charge in [-0.15, -0.1) is 0 Å². The number of nitrogens with one attached hydrogen (secondary N) is 1. The topological polar surface area (TPSA) is 27.7 Å². The van der Waals surface area contributed by atoms with Crippen molar-refractivity contribution in [3.05, 3.63) is 28.8 Å². The Morgan fingerprint density at radius 3 is 2.55 bits per heavy atom. The monoisotopic (exact) mass is 299 g/mol. The second kappa shape index (κ2) is 9.19. The van der Waals surface area contributed by atoms with Crippen LogP contribution in [0.1, 0.15) is 5.56 Å². The minimum absolute atomic E-state index is 0.711. The minimum Gasteiger partial charge on any atom is -0.383 e. The molecular formula is C15H26ClN3O. The lowest BCUT2D eigenvalue weighted by Gasteiger charge is -2.22. The van der Waals surface area contributed by atoms with Crippen molar-refractivity contribution < 1.29 is 4.74 Å². The molecule has 0 saturated heterocycles. The van der Waals surface area contributed by atoms with Crippen molar-refractivity contribution in [2.24, 2.45) is 0 Å². The molecule has 4 nitrogen and oxygen atoms in total. The van der Waals surface area contributed by atoms with E-state index in [0.717, 1.165) is 42.5 Å². The van der Waals surface area contributed by atoms with Gasteiger partial charge in [-0.25, -0.2) is 0 Å². The number of hydrogen-bond acceptors (Lipinski definition) is 4. The molecule has 0 fully saturated rings. The minimum atomic E-state index is 0.711. The standard InChI is InChI=1S/C15H26ClN3O/c1-18(2)8-9-19(3)14-6-5-13(15(16)11-14)12-17-7-10-20-4/h5-6,11,17H,7-10,12H2,1-4H3. The number of anilines is 1. The van der Waals surface area contributed by atoms with Gasteiger partial charge in [-0.1, -0.05) is 17.7 Å². The molecule has 0 heterocycles. The van der Waals surface area contributed by atoms with Crippen molar-refractivity contribution in [3.8, 4) is 0 Å². The molecule has 0 radical (unpaired) electrons. The maximum absolute atomic E-state index is 6.34. The predicted molar refractivity (Wildman–Crippen MR) is 86.9 cm³/mol. The summed E-state index contributed by atoms with van der Waals surface area (Å²) >= 11 is 6.34. The van der Waals surface area contributed by atoms with Crippen molar-refractivity contribution in [1.29, 1.82) is 0 Å². The molecule has 0 aliphatic carbocycles. The summed E-state index contributed by atoms with van der Waals surface area (Å²) in [6.45, 7) is 4.31. The van der Waals surface area contributed by atoms with Crippen LogP contribution in [0.25, 0.3) is 0 Å². The Labute approximate surface area is 127 Å². The van der Waals surface area contributed by atoms with E-state index in [1.54, 1.807) is 7.11 Å². The second-order valence-corrected chi connectivity index (χ2v) is 5.58. The molecule has 0 aromatic heterocycles. The quantitative estimate of drug-likeness (QED) is 0.707. The van der Waals surface area contributed by atoms with Gasteiger partial charge in [-0.3, -0.25) is 0 Å². The van der Waals surface area contributed by atoms with E-state index in [4.69, 9.17) is 16.3 Å². The summed E-state index contributed by atoms with van der Waals surface area (Å²) < 4.78 is 5.00. The van der Waals surface area contributed by atoms with Crippen molar-refractivity contribution >= 4 is 17.3 Å². The molecule has 0 saturated carbocycles. The molecule has 0 aliphatic rings. The molecule has 114 valence electrons. The lowest BCUT2D eigenvalue weighted by Crippen LogP contribution is -2.28. The Morgan fingerprint density at radius 2 is 1.95 bits per heavy atom. The molecule has 0 unspecified atom stereocenters. The number of halogens is 1. The highest BCUT2D eigenvalue weighted by atomic mass is 35.5. The molecule has 0 bridgehead atoms. The van der Waals surface area contributed by atoms with E-state index in [9.17, 15) is 0 Å². The average molecular weight is 300 g/mol. The normalized spacial score (nSPS) is 11.1. The van der Waals surface area contributed by atoms with E-state index in [1.807, 2.05) is 6.07 Å². The van der Waals surface area contributed by atoms with Crippen LogP contribution in [0.15, 0.2) is 18.2 Å². The summed E-state index contributed by atoms with van der Waals surface area (Å²) in [6, 6.07) is 6.24. The number of benzene rings is 1. The Bertz CT molecular complexity index is 399. The van der Waals surface area contributed by atoms with Gasteiger partial charge < -0.3 is 19.9 Å². The second-order valence-electron chi connectivity index (χ2n) is 5.17. The van der Waals surface area contributed by atoms with E-state index in [2.05, 4.69) is 48.4 Å². The van der Waals surface area contributed by atoms with Crippen molar-refractivity contribution in [3.63, 3.8) is 0 Å². The van der Waals surface area contributed by atoms with E-state index in [-0.39, 0.29) is 0 Å². The van der Waals surface area contributed by atoms with Crippen LogP contribution in [0.4, 0.5) is 5.69 Å². The van der Waals surface area contributed by atoms with Crippen LogP contribution in [-0.4, -0.2) is 59.4 Å². The first kappa shape index (κ1) is 17.2. The third-order valence-corrected chi connectivity index (χ3v) is 3.51. The van der Waals surface area contributed by atoms with Crippen molar-refractivity contribution in [2.75, 3.05) is 59.4 Å². The number of methoxy groups -OCH3 is 1. The Hall–Kier alpha value is -0.810. The van der Waals surface area contributed by atoms with Gasteiger partial charge in [0.05, 0.1) is 6.61 Å². The molecule has 0 spiro atoms. The van der Waals surface area contributed by atoms with E-state index >= 15 is 0 Å². The number of rotatable bonds is 9. The van der Waals surface area contributed by atoms with Crippen LogP contribution in [0.5, 0.6) is 0 Å². The van der Waals surface area contributed by atoms with Gasteiger partial charge in [0.25, 0.3) is 0 Å². The molecule has 5 heteroatoms. The number of nitrogens with zero attached hydrogens (tertiary/aromatic N) is 2. The van der Waals surface area contributed by atoms with Crippen LogP contribution >= 0.6 is 11.6 Å². The predicted octanol–water partition coefficient (Wildman–Crippen LogP) is 2.07. The van der Waals surface area contributed by atoms with Gasteiger partial charge >= 0.3 is 0 Å². The fourth-order valence-corrected chi connectivity index (χ4v) is 2.04. The van der Waals surface area contributed by atoms with Gasteiger partial charge in [0, 0.05) is 51.0 Å². The van der Waals surface area contributed by atoms with Crippen LogP contribution in [0, 0.1) is 0 Å². The Balaban J connectivity index is 2.53. The third-order valence-electron chi connectivity index (χ3n) is 3.16. The zero-order valence-electron chi connectivity index (χ0n) is 12.9. The first-order valence-electron chi connectivity index (χ1n) is 6.88. The lowest BCUT2D eigenvalue weighted by atomic mass is 10.2. The van der Waals surface area contributed by atoms with Crippen LogP contribution < -0.4 is 10.2 Å². The Morgan fingerprint density at radius 1 is 1.20 bits per heavy atom. The zero-order valence-corrected chi connectivity index (χ0v) is 13.7. The summed E-state index contributed by atoms with van der Waals surface area (Å²) in [5, 5.41) is 4.11. The first-order valence-corrected chi connectivity index (χ1v) is 7.26. The third kappa shape index (κ3) is 6.09. The fourth-order valence-electron chi connectivity index (χ4n) is 1.79. The lowest BCUT2D eigenvalue weighted by molar-refractivity contribution is 0.199. The molecule has 20 heavy (non-hydrogen) atoms. The van der Waals surface area contributed by atoms with E-state index in [0.29, 0.717) is 6.61 Å². The van der Waals surface area contributed by atoms with E-state index < -0.39 is 0 Å². The summed E-state index contributed by atoms with van der Waals surface area (Å²) in [5.74, 6) is 0. The Kier molecular flexibility index (Phi) is 7.92. The largest absolute Gasteiger partial charge is 0.383 e. The number of likely N-dealkylation sites (N-methyl/N-ethyl adjacent to an activating group) is 2. The molecule has 1 N–H and O–H groups in total. The van der Waals surface area contributed by atoms with Gasteiger partial charge in [0.2, 0.25) is 0 Å².